The number of halogens is 11. The van der Waals surface area contributed by atoms with Crippen LogP contribution in [0.25, 0.3) is 0 Å². The van der Waals surface area contributed by atoms with Crippen LogP contribution in [0.5, 0.6) is 5.75 Å². The van der Waals surface area contributed by atoms with Gasteiger partial charge in [0, 0.05) is 6.42 Å². The van der Waals surface area contributed by atoms with Crippen molar-refractivity contribution in [1.82, 2.24) is 0 Å². The fourth-order valence-corrected chi connectivity index (χ4v) is 2.99. The van der Waals surface area contributed by atoms with Crippen LogP contribution in [0.1, 0.15) is 31.9 Å². The summed E-state index contributed by atoms with van der Waals surface area (Å²) in [5.41, 5.74) is -6.87. The third kappa shape index (κ3) is 2.94. The largest absolute Gasteiger partial charge is 0.491 e. The van der Waals surface area contributed by atoms with Crippen LogP contribution in [-0.2, 0) is 0 Å². The monoisotopic (exact) mass is 460 g/mol. The lowest BCUT2D eigenvalue weighted by Gasteiger charge is -2.52. The Bertz CT molecular complexity index is 762. The van der Waals surface area contributed by atoms with E-state index < -0.39 is 59.5 Å². The Labute approximate surface area is 162 Å². The fraction of sp³-hybridized carbons (Fsp3) is 0.647. The fourth-order valence-electron chi connectivity index (χ4n) is 2.99. The number of hydrogen-bond acceptors (Lipinski definition) is 2. The summed E-state index contributed by atoms with van der Waals surface area (Å²) < 4.78 is 156. The van der Waals surface area contributed by atoms with E-state index in [-0.39, 0.29) is 5.75 Å². The minimum absolute atomic E-state index is 0.0844. The van der Waals surface area contributed by atoms with Gasteiger partial charge < -0.3 is 9.84 Å². The van der Waals surface area contributed by atoms with E-state index in [1.807, 2.05) is 0 Å². The molecule has 0 saturated heterocycles. The van der Waals surface area contributed by atoms with Crippen LogP contribution in [0.3, 0.4) is 0 Å². The van der Waals surface area contributed by atoms with E-state index in [2.05, 4.69) is 0 Å². The summed E-state index contributed by atoms with van der Waals surface area (Å²) in [7, 11) is 0. The van der Waals surface area contributed by atoms with E-state index in [0.717, 1.165) is 18.2 Å². The molecule has 1 N–H and O–H groups in total. The molecular weight excluding hydrogens is 445 g/mol. The van der Waals surface area contributed by atoms with E-state index in [0.29, 0.717) is 0 Å². The van der Waals surface area contributed by atoms with Gasteiger partial charge in [0.1, 0.15) is 5.75 Å². The first-order valence-corrected chi connectivity index (χ1v) is 8.30. The van der Waals surface area contributed by atoms with Crippen LogP contribution in [0, 0.1) is 0 Å². The number of ether oxygens (including phenoxy) is 1. The van der Waals surface area contributed by atoms with Gasteiger partial charge in [-0.1, -0.05) is 12.1 Å². The molecule has 2 nitrogen and oxygen atoms in total. The van der Waals surface area contributed by atoms with Crippen LogP contribution >= 0.6 is 0 Å². The highest BCUT2D eigenvalue weighted by molar-refractivity contribution is 5.32. The van der Waals surface area contributed by atoms with E-state index in [1.165, 1.54) is 19.9 Å². The standard InChI is InChI=1S/C17H15F11O2/c1-8(2)30-10-5-3-4-9(6-10)11(29)7-12(18)13(19,20)15(23,24)17(27,28)16(25,26)14(12,21)22/h3-6,8,11,29H,7H2,1-2H3. The van der Waals surface area contributed by atoms with E-state index in [1.54, 1.807) is 0 Å². The van der Waals surface area contributed by atoms with Gasteiger partial charge in [0.05, 0.1) is 12.2 Å². The molecule has 1 aliphatic carbocycles. The maximum atomic E-state index is 14.7. The van der Waals surface area contributed by atoms with Crippen molar-refractivity contribution in [3.8, 4) is 5.75 Å². The SMILES string of the molecule is CC(C)Oc1cccc(C(O)CC2(F)C(F)(F)C(F)(F)C(F)(F)C(F)(F)C2(F)F)c1. The molecule has 1 saturated carbocycles. The van der Waals surface area contributed by atoms with Crippen molar-refractivity contribution in [3.63, 3.8) is 0 Å². The van der Waals surface area contributed by atoms with Gasteiger partial charge in [-0.25, -0.2) is 4.39 Å². The van der Waals surface area contributed by atoms with Crippen LogP contribution in [0.4, 0.5) is 48.3 Å². The highest BCUT2D eigenvalue weighted by atomic mass is 19.4. The molecule has 1 aromatic rings. The van der Waals surface area contributed by atoms with Crippen molar-refractivity contribution in [2.45, 2.75) is 67.8 Å². The number of alkyl halides is 11. The molecule has 0 spiro atoms. The van der Waals surface area contributed by atoms with Crippen molar-refractivity contribution in [3.05, 3.63) is 29.8 Å². The average molecular weight is 460 g/mol. The van der Waals surface area contributed by atoms with Crippen LogP contribution in [-0.4, -0.2) is 46.5 Å². The third-order valence-electron chi connectivity index (χ3n) is 4.66. The van der Waals surface area contributed by atoms with Gasteiger partial charge in [0.2, 0.25) is 0 Å². The van der Waals surface area contributed by atoms with Crippen LogP contribution < -0.4 is 4.74 Å². The van der Waals surface area contributed by atoms with Gasteiger partial charge in [0.25, 0.3) is 5.67 Å². The maximum Gasteiger partial charge on any atom is 0.384 e. The van der Waals surface area contributed by atoms with Crippen LogP contribution in [0.2, 0.25) is 0 Å². The zero-order valence-corrected chi connectivity index (χ0v) is 15.2. The zero-order valence-electron chi connectivity index (χ0n) is 15.2. The molecule has 0 bridgehead atoms. The lowest BCUT2D eigenvalue weighted by atomic mass is 9.69. The van der Waals surface area contributed by atoms with E-state index in [4.69, 9.17) is 4.74 Å². The van der Waals surface area contributed by atoms with E-state index in [9.17, 15) is 53.4 Å². The summed E-state index contributed by atoms with van der Waals surface area (Å²) in [4.78, 5) is 0. The molecule has 1 aliphatic rings. The van der Waals surface area contributed by atoms with Crippen molar-refractivity contribution in [2.24, 2.45) is 0 Å². The minimum Gasteiger partial charge on any atom is -0.491 e. The predicted octanol–water partition coefficient (Wildman–Crippen LogP) is 5.80. The van der Waals surface area contributed by atoms with Crippen molar-refractivity contribution < 1.29 is 58.1 Å². The van der Waals surface area contributed by atoms with Gasteiger partial charge in [-0.15, -0.1) is 0 Å². The quantitative estimate of drug-likeness (QED) is 0.564. The first kappa shape index (κ1) is 24.5. The topological polar surface area (TPSA) is 29.5 Å². The third-order valence-corrected chi connectivity index (χ3v) is 4.66. The first-order valence-electron chi connectivity index (χ1n) is 8.30. The van der Waals surface area contributed by atoms with Crippen molar-refractivity contribution >= 4 is 0 Å². The number of benzene rings is 1. The second-order valence-corrected chi connectivity index (χ2v) is 7.13. The Balaban J connectivity index is 2.56. The summed E-state index contributed by atoms with van der Waals surface area (Å²) in [6, 6.07) is 4.01. The Kier molecular flexibility index (Phi) is 5.60. The van der Waals surface area contributed by atoms with Crippen LogP contribution in [0.15, 0.2) is 24.3 Å². The number of aliphatic hydroxyl groups is 1. The average Bonchev–Trinajstić information content (AvgIpc) is 2.59. The lowest BCUT2D eigenvalue weighted by Crippen LogP contribution is -2.83. The molecule has 2 rings (SSSR count). The Morgan fingerprint density at radius 2 is 1.20 bits per heavy atom. The Morgan fingerprint density at radius 1 is 0.767 bits per heavy atom. The molecule has 0 heterocycles. The maximum absolute atomic E-state index is 14.7. The summed E-state index contributed by atoms with van der Waals surface area (Å²) in [5, 5.41) is 9.89. The second-order valence-electron chi connectivity index (χ2n) is 7.13. The minimum atomic E-state index is -7.28. The van der Waals surface area contributed by atoms with Crippen molar-refractivity contribution in [1.29, 1.82) is 0 Å². The number of hydrogen-bond donors (Lipinski definition) is 1. The molecule has 1 fully saturated rings. The normalized spacial score (nSPS) is 26.2. The van der Waals surface area contributed by atoms with Gasteiger partial charge in [-0.05, 0) is 31.5 Å². The molecule has 30 heavy (non-hydrogen) atoms. The molecule has 172 valence electrons. The molecule has 0 aromatic heterocycles. The summed E-state index contributed by atoms with van der Waals surface area (Å²) in [5.74, 6) is -35.7. The Morgan fingerprint density at radius 3 is 1.63 bits per heavy atom. The molecule has 1 aromatic carbocycles. The summed E-state index contributed by atoms with van der Waals surface area (Å²) in [6.07, 6.45) is -5.99. The van der Waals surface area contributed by atoms with E-state index >= 15 is 0 Å². The first-order chi connectivity index (χ1) is 13.3. The summed E-state index contributed by atoms with van der Waals surface area (Å²) >= 11 is 0. The van der Waals surface area contributed by atoms with Gasteiger partial charge in [-0.3, -0.25) is 0 Å². The molecular formula is C17H15F11O2. The smallest absolute Gasteiger partial charge is 0.384 e. The molecule has 0 radical (unpaired) electrons. The number of aliphatic hydroxyl groups excluding tert-OH is 1. The zero-order chi connectivity index (χ0) is 23.6. The number of rotatable bonds is 5. The second kappa shape index (κ2) is 6.86. The predicted molar refractivity (Wildman–Crippen MR) is 80.4 cm³/mol. The van der Waals surface area contributed by atoms with Gasteiger partial charge in [0.15, 0.2) is 0 Å². The van der Waals surface area contributed by atoms with Gasteiger partial charge in [-0.2, -0.15) is 43.9 Å². The Hall–Kier alpha value is -1.79. The van der Waals surface area contributed by atoms with Gasteiger partial charge >= 0.3 is 29.6 Å². The molecule has 1 atom stereocenters. The summed E-state index contributed by atoms with van der Waals surface area (Å²) in [6.45, 7) is 3.07. The molecule has 0 amide bonds. The molecule has 13 heteroatoms. The molecule has 0 aliphatic heterocycles. The highest BCUT2D eigenvalue weighted by Crippen LogP contribution is 2.70. The molecule has 1 unspecified atom stereocenters. The highest BCUT2D eigenvalue weighted by Gasteiger charge is 3.00. The van der Waals surface area contributed by atoms with Crippen molar-refractivity contribution in [2.75, 3.05) is 0 Å². The lowest BCUT2D eigenvalue weighted by molar-refractivity contribution is -0.487.